The fourth-order valence-electron chi connectivity index (χ4n) is 2.31. The summed E-state index contributed by atoms with van der Waals surface area (Å²) in [5.41, 5.74) is 0.436. The highest BCUT2D eigenvalue weighted by molar-refractivity contribution is 6.31. The summed E-state index contributed by atoms with van der Waals surface area (Å²) in [5, 5.41) is 3.58. The summed E-state index contributed by atoms with van der Waals surface area (Å²) in [6.45, 7) is 3.76. The Labute approximate surface area is 112 Å². The van der Waals surface area contributed by atoms with Crippen LogP contribution < -0.4 is 5.32 Å². The molecule has 0 bridgehead atoms. The van der Waals surface area contributed by atoms with Gasteiger partial charge in [-0.2, -0.15) is 0 Å². The second kappa shape index (κ2) is 5.37. The van der Waals surface area contributed by atoms with E-state index in [9.17, 15) is 9.18 Å². The van der Waals surface area contributed by atoms with Gasteiger partial charge >= 0.3 is 0 Å². The quantitative estimate of drug-likeness (QED) is 0.914. The van der Waals surface area contributed by atoms with Crippen LogP contribution in [-0.2, 0) is 11.2 Å². The van der Waals surface area contributed by atoms with Crippen LogP contribution in [0.5, 0.6) is 0 Å². The van der Waals surface area contributed by atoms with Crippen LogP contribution >= 0.6 is 11.6 Å². The predicted molar refractivity (Wildman–Crippen MR) is 70.3 cm³/mol. The number of Topliss-reactive ketones (excluding diaryl/α,β-unsaturated/α-hetero) is 1. The highest BCUT2D eigenvalue weighted by Crippen LogP contribution is 2.31. The van der Waals surface area contributed by atoms with Crippen LogP contribution in [0, 0.1) is 11.2 Å². The van der Waals surface area contributed by atoms with Gasteiger partial charge in [-0.25, -0.2) is 4.39 Å². The lowest BCUT2D eigenvalue weighted by Gasteiger charge is -2.32. The molecule has 1 aromatic rings. The molecular formula is C14H17ClFNO. The molecule has 0 spiro atoms. The first-order chi connectivity index (χ1) is 8.51. The minimum atomic E-state index is -0.371. The van der Waals surface area contributed by atoms with E-state index in [1.807, 2.05) is 6.92 Å². The number of benzene rings is 1. The van der Waals surface area contributed by atoms with Gasteiger partial charge in [-0.05, 0) is 43.6 Å². The van der Waals surface area contributed by atoms with Gasteiger partial charge < -0.3 is 5.32 Å². The van der Waals surface area contributed by atoms with Crippen LogP contribution in [0.25, 0.3) is 0 Å². The van der Waals surface area contributed by atoms with Gasteiger partial charge in [-0.15, -0.1) is 0 Å². The molecule has 98 valence electrons. The lowest BCUT2D eigenvalue weighted by Crippen LogP contribution is -2.40. The topological polar surface area (TPSA) is 29.1 Å². The van der Waals surface area contributed by atoms with Crippen molar-refractivity contribution in [3.63, 3.8) is 0 Å². The minimum absolute atomic E-state index is 0.192. The monoisotopic (exact) mass is 269 g/mol. The zero-order valence-corrected chi connectivity index (χ0v) is 11.2. The number of carbonyl (C=O) groups excluding carboxylic acids is 1. The van der Waals surface area contributed by atoms with Crippen LogP contribution in [0.3, 0.4) is 0 Å². The summed E-state index contributed by atoms with van der Waals surface area (Å²) < 4.78 is 12.9. The van der Waals surface area contributed by atoms with E-state index >= 15 is 0 Å². The highest BCUT2D eigenvalue weighted by Gasteiger charge is 2.34. The predicted octanol–water partition coefficient (Wildman–Crippen LogP) is 2.98. The van der Waals surface area contributed by atoms with Crippen LogP contribution in [0.1, 0.15) is 25.3 Å². The van der Waals surface area contributed by atoms with Crippen molar-refractivity contribution in [1.82, 2.24) is 5.32 Å². The van der Waals surface area contributed by atoms with Gasteiger partial charge in [0.2, 0.25) is 0 Å². The number of halogens is 2. The summed E-state index contributed by atoms with van der Waals surface area (Å²) in [7, 11) is 0. The molecule has 0 aromatic heterocycles. The number of nitrogens with one attached hydrogen (secondary N) is 1. The molecule has 1 heterocycles. The van der Waals surface area contributed by atoms with Crippen LogP contribution in [0.15, 0.2) is 18.2 Å². The van der Waals surface area contributed by atoms with Crippen LogP contribution in [-0.4, -0.2) is 18.9 Å². The molecule has 0 unspecified atom stereocenters. The first-order valence-electron chi connectivity index (χ1n) is 6.19. The molecule has 0 atom stereocenters. The summed E-state index contributed by atoms with van der Waals surface area (Å²) in [4.78, 5) is 12.3. The molecule has 1 aliphatic rings. The first-order valence-corrected chi connectivity index (χ1v) is 6.57. The van der Waals surface area contributed by atoms with Crippen molar-refractivity contribution in [2.45, 2.75) is 26.2 Å². The number of piperidine rings is 1. The van der Waals surface area contributed by atoms with E-state index in [4.69, 9.17) is 11.6 Å². The molecule has 2 rings (SSSR count). The Morgan fingerprint density at radius 2 is 2.11 bits per heavy atom. The van der Waals surface area contributed by atoms with Gasteiger partial charge in [0.1, 0.15) is 11.6 Å². The molecule has 2 nitrogen and oxygen atoms in total. The number of hydrogen-bond donors (Lipinski definition) is 1. The van der Waals surface area contributed by atoms with Crippen LogP contribution in [0.2, 0.25) is 5.02 Å². The average Bonchev–Trinajstić information content (AvgIpc) is 2.33. The molecular weight excluding hydrogens is 253 g/mol. The number of ketones is 1. The van der Waals surface area contributed by atoms with Crippen molar-refractivity contribution in [3.8, 4) is 0 Å². The Hall–Kier alpha value is -0.930. The third kappa shape index (κ3) is 2.90. The van der Waals surface area contributed by atoms with E-state index < -0.39 is 0 Å². The second-order valence-electron chi connectivity index (χ2n) is 5.15. The van der Waals surface area contributed by atoms with Gasteiger partial charge in [0.15, 0.2) is 0 Å². The smallest absolute Gasteiger partial charge is 0.143 e. The normalized spacial score (nSPS) is 18.6. The fourth-order valence-corrected chi connectivity index (χ4v) is 2.54. The maximum absolute atomic E-state index is 12.9. The molecule has 0 radical (unpaired) electrons. The molecule has 0 saturated carbocycles. The van der Waals surface area contributed by atoms with E-state index in [-0.39, 0.29) is 23.4 Å². The average molecular weight is 270 g/mol. The molecule has 1 aromatic carbocycles. The molecule has 1 saturated heterocycles. The van der Waals surface area contributed by atoms with Gasteiger partial charge in [-0.1, -0.05) is 24.6 Å². The zero-order valence-electron chi connectivity index (χ0n) is 10.4. The van der Waals surface area contributed by atoms with Crippen molar-refractivity contribution in [2.75, 3.05) is 13.1 Å². The van der Waals surface area contributed by atoms with Crippen molar-refractivity contribution in [1.29, 1.82) is 0 Å². The van der Waals surface area contributed by atoms with Crippen molar-refractivity contribution < 1.29 is 9.18 Å². The Bertz CT molecular complexity index is 455. The van der Waals surface area contributed by atoms with Crippen molar-refractivity contribution >= 4 is 17.4 Å². The Balaban J connectivity index is 2.11. The third-order valence-electron chi connectivity index (χ3n) is 3.75. The van der Waals surface area contributed by atoms with E-state index in [0.717, 1.165) is 25.9 Å². The summed E-state index contributed by atoms with van der Waals surface area (Å²) in [6.07, 6.45) is 1.99. The highest BCUT2D eigenvalue weighted by atomic mass is 35.5. The largest absolute Gasteiger partial charge is 0.317 e. The van der Waals surface area contributed by atoms with Crippen LogP contribution in [0.4, 0.5) is 4.39 Å². The summed E-state index contributed by atoms with van der Waals surface area (Å²) in [6, 6.07) is 4.20. The van der Waals surface area contributed by atoms with Gasteiger partial charge in [0.25, 0.3) is 0 Å². The maximum atomic E-state index is 12.9. The standard InChI is InChI=1S/C14H17ClFNO/c1-14(4-6-17-7-5-14)13(18)8-10-2-3-11(16)9-12(10)15/h2-3,9,17H,4-8H2,1H3. The van der Waals surface area contributed by atoms with Gasteiger partial charge in [0.05, 0.1) is 0 Å². The van der Waals surface area contributed by atoms with Gasteiger partial charge in [-0.3, -0.25) is 4.79 Å². The Morgan fingerprint density at radius 1 is 1.44 bits per heavy atom. The van der Waals surface area contributed by atoms with E-state index in [0.29, 0.717) is 10.6 Å². The number of hydrogen-bond acceptors (Lipinski definition) is 2. The molecule has 0 amide bonds. The molecule has 4 heteroatoms. The lowest BCUT2D eigenvalue weighted by molar-refractivity contribution is -0.128. The van der Waals surface area contributed by atoms with E-state index in [1.54, 1.807) is 6.07 Å². The summed E-state index contributed by atoms with van der Waals surface area (Å²) >= 11 is 5.95. The van der Waals surface area contributed by atoms with Crippen molar-refractivity contribution in [2.24, 2.45) is 5.41 Å². The second-order valence-corrected chi connectivity index (χ2v) is 5.55. The van der Waals surface area contributed by atoms with Crippen molar-refractivity contribution in [3.05, 3.63) is 34.6 Å². The molecule has 0 aliphatic carbocycles. The maximum Gasteiger partial charge on any atom is 0.143 e. The zero-order chi connectivity index (χ0) is 13.2. The molecule has 1 aliphatic heterocycles. The molecule has 1 fully saturated rings. The SMILES string of the molecule is CC1(C(=O)Cc2ccc(F)cc2Cl)CCNCC1. The summed E-state index contributed by atoms with van der Waals surface area (Å²) in [5.74, 6) is -0.179. The lowest BCUT2D eigenvalue weighted by atomic mass is 9.75. The number of rotatable bonds is 3. The van der Waals surface area contributed by atoms with E-state index in [2.05, 4.69) is 5.32 Å². The minimum Gasteiger partial charge on any atom is -0.317 e. The van der Waals surface area contributed by atoms with E-state index in [1.165, 1.54) is 12.1 Å². The Kier molecular flexibility index (Phi) is 4.03. The molecule has 18 heavy (non-hydrogen) atoms. The van der Waals surface area contributed by atoms with Gasteiger partial charge in [0, 0.05) is 16.9 Å². The molecule has 1 N–H and O–H groups in total. The number of carbonyl (C=O) groups is 1. The first kappa shape index (κ1) is 13.5. The Morgan fingerprint density at radius 3 is 2.72 bits per heavy atom. The fraction of sp³-hybridized carbons (Fsp3) is 0.500. The third-order valence-corrected chi connectivity index (χ3v) is 4.10.